The Morgan fingerprint density at radius 3 is 2.27 bits per heavy atom. The molecule has 118 valence electrons. The molecule has 0 unspecified atom stereocenters. The van der Waals surface area contributed by atoms with Gasteiger partial charge in [0.2, 0.25) is 0 Å². The molecule has 0 radical (unpaired) electrons. The van der Waals surface area contributed by atoms with Gasteiger partial charge in [0.15, 0.2) is 0 Å². The summed E-state index contributed by atoms with van der Waals surface area (Å²) in [4.78, 5) is 14.5. The van der Waals surface area contributed by atoms with E-state index in [1.165, 1.54) is 0 Å². The van der Waals surface area contributed by atoms with Crippen molar-refractivity contribution in [2.45, 2.75) is 57.7 Å². The Labute approximate surface area is 132 Å². The summed E-state index contributed by atoms with van der Waals surface area (Å²) in [5, 5.41) is 9.07. The number of rotatable bonds is 3. The van der Waals surface area contributed by atoms with Crippen molar-refractivity contribution in [2.24, 2.45) is 0 Å². The Morgan fingerprint density at radius 2 is 1.77 bits per heavy atom. The molecular formula is C18H24N2O2. The van der Waals surface area contributed by atoms with Gasteiger partial charge in [-0.1, -0.05) is 18.2 Å². The van der Waals surface area contributed by atoms with Crippen LogP contribution in [0.4, 0.5) is 0 Å². The van der Waals surface area contributed by atoms with Gasteiger partial charge in [-0.25, -0.2) is 4.79 Å². The average Bonchev–Trinajstić information content (AvgIpc) is 2.43. The monoisotopic (exact) mass is 300 g/mol. The molecule has 1 aliphatic rings. The summed E-state index contributed by atoms with van der Waals surface area (Å²) in [6, 6.07) is 11.3. The van der Waals surface area contributed by atoms with Gasteiger partial charge in [-0.3, -0.25) is 4.90 Å². The van der Waals surface area contributed by atoms with Crippen LogP contribution in [-0.4, -0.2) is 34.6 Å². The van der Waals surface area contributed by atoms with Gasteiger partial charge >= 0.3 is 5.97 Å². The summed E-state index contributed by atoms with van der Waals surface area (Å²) < 4.78 is 5.73. The maximum atomic E-state index is 12.3. The molecule has 0 bridgehead atoms. The number of benzene rings is 1. The van der Waals surface area contributed by atoms with Crippen LogP contribution in [-0.2, 0) is 4.74 Å². The lowest BCUT2D eigenvalue weighted by atomic mass is 9.78. The topological polar surface area (TPSA) is 53.3 Å². The second kappa shape index (κ2) is 6.10. The van der Waals surface area contributed by atoms with E-state index >= 15 is 0 Å². The number of carbonyl (C=O) groups is 1. The number of esters is 1. The smallest absolute Gasteiger partial charge is 0.338 e. The number of ether oxygens (including phenoxy) is 1. The molecular weight excluding hydrogens is 276 g/mol. The molecule has 2 rings (SSSR count). The molecule has 4 heteroatoms. The fraction of sp³-hybridized carbons (Fsp3) is 0.556. The Kier molecular flexibility index (Phi) is 4.58. The first-order valence-corrected chi connectivity index (χ1v) is 7.67. The van der Waals surface area contributed by atoms with Gasteiger partial charge < -0.3 is 4.74 Å². The molecule has 0 aromatic heterocycles. The molecule has 0 N–H and O–H groups in total. The van der Waals surface area contributed by atoms with Gasteiger partial charge in [0.25, 0.3) is 0 Å². The molecule has 1 saturated heterocycles. The minimum atomic E-state index is -0.272. The fourth-order valence-electron chi connectivity index (χ4n) is 3.60. The van der Waals surface area contributed by atoms with Crippen LogP contribution in [0.1, 0.15) is 50.9 Å². The van der Waals surface area contributed by atoms with E-state index < -0.39 is 0 Å². The minimum absolute atomic E-state index is 0.132. The van der Waals surface area contributed by atoms with Crippen LogP contribution in [0.15, 0.2) is 30.3 Å². The molecule has 0 amide bonds. The third-order valence-electron chi connectivity index (χ3n) is 4.43. The van der Waals surface area contributed by atoms with E-state index in [9.17, 15) is 4.79 Å². The largest absolute Gasteiger partial charge is 0.459 e. The molecule has 1 aliphatic heterocycles. The van der Waals surface area contributed by atoms with Crippen LogP contribution >= 0.6 is 0 Å². The zero-order valence-corrected chi connectivity index (χ0v) is 13.8. The lowest BCUT2D eigenvalue weighted by molar-refractivity contribution is -0.0803. The van der Waals surface area contributed by atoms with Crippen molar-refractivity contribution in [3.8, 4) is 6.07 Å². The van der Waals surface area contributed by atoms with Crippen molar-refractivity contribution in [1.82, 2.24) is 4.90 Å². The third-order valence-corrected chi connectivity index (χ3v) is 4.43. The average molecular weight is 300 g/mol. The van der Waals surface area contributed by atoms with Crippen LogP contribution < -0.4 is 0 Å². The highest BCUT2D eigenvalue weighted by atomic mass is 16.5. The van der Waals surface area contributed by atoms with E-state index in [1.54, 1.807) is 12.1 Å². The van der Waals surface area contributed by atoms with Gasteiger partial charge in [-0.05, 0) is 39.8 Å². The maximum Gasteiger partial charge on any atom is 0.338 e. The molecule has 1 aromatic carbocycles. The van der Waals surface area contributed by atoms with Gasteiger partial charge in [-0.2, -0.15) is 5.26 Å². The van der Waals surface area contributed by atoms with Gasteiger partial charge in [-0.15, -0.1) is 0 Å². The van der Waals surface area contributed by atoms with Crippen LogP contribution in [0.5, 0.6) is 0 Å². The highest BCUT2D eigenvalue weighted by Gasteiger charge is 2.46. The Balaban J connectivity index is 2.12. The molecule has 0 spiro atoms. The lowest BCUT2D eigenvalue weighted by Crippen LogP contribution is -2.62. The first kappa shape index (κ1) is 16.5. The SMILES string of the molecule is CC1(C)CC(OC(=O)c2ccccc2)CC(C)(C)N1CC#N. The summed E-state index contributed by atoms with van der Waals surface area (Å²) in [6.07, 6.45) is 1.33. The molecule has 1 heterocycles. The summed E-state index contributed by atoms with van der Waals surface area (Å²) in [7, 11) is 0. The summed E-state index contributed by atoms with van der Waals surface area (Å²) >= 11 is 0. The van der Waals surface area contributed by atoms with Crippen molar-refractivity contribution in [3.63, 3.8) is 0 Å². The van der Waals surface area contributed by atoms with Crippen molar-refractivity contribution in [3.05, 3.63) is 35.9 Å². The molecule has 22 heavy (non-hydrogen) atoms. The number of hydrogen-bond acceptors (Lipinski definition) is 4. The van der Waals surface area contributed by atoms with E-state index in [0.29, 0.717) is 12.1 Å². The van der Waals surface area contributed by atoms with Crippen molar-refractivity contribution in [2.75, 3.05) is 6.54 Å². The molecule has 0 atom stereocenters. The third kappa shape index (κ3) is 3.48. The second-order valence-electron chi connectivity index (χ2n) is 7.17. The van der Waals surface area contributed by atoms with Crippen molar-refractivity contribution in [1.29, 1.82) is 5.26 Å². The first-order chi connectivity index (χ1) is 10.3. The van der Waals surface area contributed by atoms with Crippen molar-refractivity contribution >= 4 is 5.97 Å². The first-order valence-electron chi connectivity index (χ1n) is 7.67. The summed E-state index contributed by atoms with van der Waals surface area (Å²) in [5.41, 5.74) is 0.218. The Morgan fingerprint density at radius 1 is 1.23 bits per heavy atom. The van der Waals surface area contributed by atoms with E-state index in [4.69, 9.17) is 10.00 Å². The number of hydrogen-bond donors (Lipinski definition) is 0. The van der Waals surface area contributed by atoms with Crippen LogP contribution in [0.25, 0.3) is 0 Å². The number of carbonyl (C=O) groups excluding carboxylic acids is 1. The predicted molar refractivity (Wildman–Crippen MR) is 85.4 cm³/mol. The highest BCUT2D eigenvalue weighted by molar-refractivity contribution is 5.89. The molecule has 4 nitrogen and oxygen atoms in total. The molecule has 0 saturated carbocycles. The number of nitriles is 1. The standard InChI is InChI=1S/C18H24N2O2/c1-17(2)12-15(13-18(3,4)20(17)11-10-19)22-16(21)14-8-6-5-7-9-14/h5-9,15H,11-13H2,1-4H3. The Bertz CT molecular complexity index is 554. The normalized spacial score (nSPS) is 21.0. The second-order valence-corrected chi connectivity index (χ2v) is 7.17. The van der Waals surface area contributed by atoms with Gasteiger partial charge in [0, 0.05) is 23.9 Å². The van der Waals surface area contributed by atoms with Gasteiger partial charge in [0.1, 0.15) is 6.10 Å². The maximum absolute atomic E-state index is 12.3. The summed E-state index contributed by atoms with van der Waals surface area (Å²) in [6.45, 7) is 8.81. The Hall–Kier alpha value is -1.86. The predicted octanol–water partition coefficient (Wildman–Crippen LogP) is 3.39. The van der Waals surface area contributed by atoms with E-state index in [-0.39, 0.29) is 23.2 Å². The summed E-state index contributed by atoms with van der Waals surface area (Å²) in [5.74, 6) is -0.272. The van der Waals surface area contributed by atoms with Gasteiger partial charge in [0.05, 0.1) is 18.2 Å². The zero-order chi connectivity index (χ0) is 16.4. The van der Waals surface area contributed by atoms with Crippen LogP contribution in [0, 0.1) is 11.3 Å². The lowest BCUT2D eigenvalue weighted by Gasteiger charge is -2.53. The number of likely N-dealkylation sites (tertiary alicyclic amines) is 1. The molecule has 1 aromatic rings. The number of nitrogens with zero attached hydrogens (tertiary/aromatic N) is 2. The van der Waals surface area contributed by atoms with Crippen LogP contribution in [0.2, 0.25) is 0 Å². The number of piperidine rings is 1. The zero-order valence-electron chi connectivity index (χ0n) is 13.8. The van der Waals surface area contributed by atoms with Crippen molar-refractivity contribution < 1.29 is 9.53 Å². The van der Waals surface area contributed by atoms with Crippen LogP contribution in [0.3, 0.4) is 0 Å². The highest BCUT2D eigenvalue weighted by Crippen LogP contribution is 2.39. The molecule has 1 fully saturated rings. The molecule has 0 aliphatic carbocycles. The van der Waals surface area contributed by atoms with E-state index in [0.717, 1.165) is 12.8 Å². The van der Waals surface area contributed by atoms with E-state index in [1.807, 2.05) is 18.2 Å². The van der Waals surface area contributed by atoms with E-state index in [2.05, 4.69) is 38.7 Å². The fourth-order valence-corrected chi connectivity index (χ4v) is 3.60. The minimum Gasteiger partial charge on any atom is -0.459 e. The quantitative estimate of drug-likeness (QED) is 0.634.